The van der Waals surface area contributed by atoms with Crippen molar-refractivity contribution in [1.29, 1.82) is 0 Å². The van der Waals surface area contributed by atoms with E-state index in [1.165, 1.54) is 0 Å². The molecule has 148 valence electrons. The summed E-state index contributed by atoms with van der Waals surface area (Å²) in [5.41, 5.74) is -0.152. The average Bonchev–Trinajstić information content (AvgIpc) is 2.84. The summed E-state index contributed by atoms with van der Waals surface area (Å²) in [6.07, 6.45) is 0.0372. The molecule has 0 unspecified atom stereocenters. The average molecular weight is 396 g/mol. The van der Waals surface area contributed by atoms with E-state index in [1.54, 1.807) is 54.8 Å². The second kappa shape index (κ2) is 9.08. The Morgan fingerprint density at radius 2 is 1.70 bits per heavy atom. The molecule has 3 amide bonds. The van der Waals surface area contributed by atoms with Gasteiger partial charge in [-0.1, -0.05) is 23.7 Å². The van der Waals surface area contributed by atoms with Crippen molar-refractivity contribution in [2.75, 3.05) is 32.7 Å². The van der Waals surface area contributed by atoms with Gasteiger partial charge in [-0.2, -0.15) is 0 Å². The van der Waals surface area contributed by atoms with Crippen LogP contribution >= 0.6 is 11.6 Å². The van der Waals surface area contributed by atoms with E-state index < -0.39 is 11.7 Å². The molecule has 0 atom stereocenters. The van der Waals surface area contributed by atoms with Gasteiger partial charge in [-0.3, -0.25) is 9.59 Å². The highest BCUT2D eigenvalue weighted by Crippen LogP contribution is 2.18. The monoisotopic (exact) mass is 395 g/mol. The lowest BCUT2D eigenvalue weighted by molar-refractivity contribution is -0.130. The lowest BCUT2D eigenvalue weighted by Crippen LogP contribution is -2.43. The van der Waals surface area contributed by atoms with E-state index in [9.17, 15) is 14.4 Å². The van der Waals surface area contributed by atoms with Crippen LogP contribution in [0.25, 0.3) is 0 Å². The number of hydrogen-bond acceptors (Lipinski definition) is 4. The first kappa shape index (κ1) is 21.0. The molecule has 1 aromatic carbocycles. The van der Waals surface area contributed by atoms with Gasteiger partial charge in [0.25, 0.3) is 5.91 Å². The number of nitrogens with zero attached hydrogens (tertiary/aromatic N) is 2. The maximum atomic E-state index is 12.7. The number of amides is 3. The minimum absolute atomic E-state index is 0.132. The normalized spacial score (nSPS) is 15.1. The molecule has 0 aliphatic carbocycles. The minimum atomic E-state index is -0.624. The molecular formula is C19H26ClN3O4. The maximum Gasteiger partial charge on any atom is 0.408 e. The van der Waals surface area contributed by atoms with Gasteiger partial charge in [0.05, 0.1) is 10.6 Å². The van der Waals surface area contributed by atoms with Gasteiger partial charge in [-0.05, 0) is 39.3 Å². The van der Waals surface area contributed by atoms with Crippen molar-refractivity contribution in [3.05, 3.63) is 34.9 Å². The predicted octanol–water partition coefficient (Wildman–Crippen LogP) is 2.54. The molecule has 1 heterocycles. The number of rotatable bonds is 3. The summed E-state index contributed by atoms with van der Waals surface area (Å²) in [5.74, 6) is -0.338. The fraction of sp³-hybridized carbons (Fsp3) is 0.526. The lowest BCUT2D eigenvalue weighted by atomic mass is 10.2. The molecule has 1 fully saturated rings. The third-order valence-electron chi connectivity index (χ3n) is 4.02. The molecule has 2 rings (SSSR count). The van der Waals surface area contributed by atoms with E-state index in [-0.39, 0.29) is 18.4 Å². The van der Waals surface area contributed by atoms with Crippen molar-refractivity contribution in [3.8, 4) is 0 Å². The predicted molar refractivity (Wildman–Crippen MR) is 103 cm³/mol. The van der Waals surface area contributed by atoms with Crippen LogP contribution in [0.5, 0.6) is 0 Å². The Morgan fingerprint density at radius 1 is 1.07 bits per heavy atom. The van der Waals surface area contributed by atoms with E-state index in [4.69, 9.17) is 16.3 Å². The van der Waals surface area contributed by atoms with Crippen molar-refractivity contribution in [1.82, 2.24) is 15.1 Å². The third-order valence-corrected chi connectivity index (χ3v) is 4.35. The number of carbonyl (C=O) groups is 3. The smallest absolute Gasteiger partial charge is 0.408 e. The second-order valence-corrected chi connectivity index (χ2v) is 7.77. The van der Waals surface area contributed by atoms with E-state index in [1.807, 2.05) is 0 Å². The Bertz CT molecular complexity index is 702. The van der Waals surface area contributed by atoms with Crippen molar-refractivity contribution in [3.63, 3.8) is 0 Å². The van der Waals surface area contributed by atoms with Crippen LogP contribution in [0.3, 0.4) is 0 Å². The highest BCUT2D eigenvalue weighted by molar-refractivity contribution is 6.33. The zero-order chi connectivity index (χ0) is 20.0. The molecular weight excluding hydrogens is 370 g/mol. The van der Waals surface area contributed by atoms with Gasteiger partial charge in [0, 0.05) is 26.2 Å². The van der Waals surface area contributed by atoms with Gasteiger partial charge in [0.15, 0.2) is 0 Å². The fourth-order valence-corrected chi connectivity index (χ4v) is 2.97. The standard InChI is InChI=1S/C19H26ClN3O4/c1-19(2,3)27-18(26)21-13-16(24)22-9-6-10-23(12-11-22)17(25)14-7-4-5-8-15(14)20/h4-5,7-8H,6,9-13H2,1-3H3,(H,21,26). The molecule has 0 spiro atoms. The first-order valence-corrected chi connectivity index (χ1v) is 9.33. The molecule has 0 saturated carbocycles. The Balaban J connectivity index is 1.87. The van der Waals surface area contributed by atoms with Gasteiger partial charge < -0.3 is 19.9 Å². The van der Waals surface area contributed by atoms with Crippen LogP contribution in [0.1, 0.15) is 37.6 Å². The summed E-state index contributed by atoms with van der Waals surface area (Å²) in [4.78, 5) is 40.0. The van der Waals surface area contributed by atoms with Crippen molar-refractivity contribution < 1.29 is 19.1 Å². The number of carbonyl (C=O) groups excluding carboxylic acids is 3. The largest absolute Gasteiger partial charge is 0.444 e. The van der Waals surface area contributed by atoms with Crippen LogP contribution in [0.2, 0.25) is 5.02 Å². The molecule has 1 aliphatic rings. The number of alkyl carbamates (subject to hydrolysis) is 1. The van der Waals surface area contributed by atoms with E-state index >= 15 is 0 Å². The van der Waals surface area contributed by atoms with Crippen molar-refractivity contribution >= 4 is 29.5 Å². The van der Waals surface area contributed by atoms with Gasteiger partial charge >= 0.3 is 6.09 Å². The van der Waals surface area contributed by atoms with E-state index in [0.717, 1.165) is 0 Å². The highest BCUT2D eigenvalue weighted by Gasteiger charge is 2.24. The van der Waals surface area contributed by atoms with Crippen molar-refractivity contribution in [2.45, 2.75) is 32.8 Å². The Hall–Kier alpha value is -2.28. The molecule has 0 radical (unpaired) electrons. The summed E-state index contributed by atoms with van der Waals surface area (Å²) in [6.45, 7) is 7.05. The minimum Gasteiger partial charge on any atom is -0.444 e. The summed E-state index contributed by atoms with van der Waals surface area (Å²) < 4.78 is 5.12. The van der Waals surface area contributed by atoms with Gasteiger partial charge in [-0.15, -0.1) is 0 Å². The number of hydrogen-bond donors (Lipinski definition) is 1. The molecule has 1 saturated heterocycles. The number of halogens is 1. The van der Waals surface area contributed by atoms with Gasteiger partial charge in [0.1, 0.15) is 12.1 Å². The maximum absolute atomic E-state index is 12.7. The molecule has 8 heteroatoms. The summed E-state index contributed by atoms with van der Waals surface area (Å²) in [6, 6.07) is 6.93. The van der Waals surface area contributed by atoms with Crippen LogP contribution in [0.15, 0.2) is 24.3 Å². The quantitative estimate of drug-likeness (QED) is 0.852. The molecule has 0 bridgehead atoms. The second-order valence-electron chi connectivity index (χ2n) is 7.36. The van der Waals surface area contributed by atoms with Crippen LogP contribution in [0, 0.1) is 0 Å². The molecule has 1 aromatic rings. The lowest BCUT2D eigenvalue weighted by Gasteiger charge is -2.23. The Kier molecular flexibility index (Phi) is 7.07. The van der Waals surface area contributed by atoms with Crippen LogP contribution in [-0.2, 0) is 9.53 Å². The molecule has 0 aromatic heterocycles. The van der Waals surface area contributed by atoms with Crippen LogP contribution < -0.4 is 5.32 Å². The first-order valence-electron chi connectivity index (χ1n) is 8.96. The van der Waals surface area contributed by atoms with Crippen molar-refractivity contribution in [2.24, 2.45) is 0 Å². The number of benzene rings is 1. The van der Waals surface area contributed by atoms with Crippen LogP contribution in [0.4, 0.5) is 4.79 Å². The summed E-state index contributed by atoms with van der Waals surface area (Å²) in [7, 11) is 0. The zero-order valence-corrected chi connectivity index (χ0v) is 16.7. The first-order chi connectivity index (χ1) is 12.7. The summed E-state index contributed by atoms with van der Waals surface area (Å²) in [5, 5.41) is 2.89. The molecule has 7 nitrogen and oxygen atoms in total. The SMILES string of the molecule is CC(C)(C)OC(=O)NCC(=O)N1CCCN(C(=O)c2ccccc2Cl)CC1. The van der Waals surface area contributed by atoms with E-state index in [0.29, 0.717) is 43.2 Å². The van der Waals surface area contributed by atoms with Gasteiger partial charge in [0.2, 0.25) is 5.91 Å². The highest BCUT2D eigenvalue weighted by atomic mass is 35.5. The van der Waals surface area contributed by atoms with Crippen LogP contribution in [-0.4, -0.2) is 66.0 Å². The zero-order valence-electron chi connectivity index (χ0n) is 16.0. The third kappa shape index (κ3) is 6.43. The Labute approximate surface area is 164 Å². The number of ether oxygens (including phenoxy) is 1. The van der Waals surface area contributed by atoms with Gasteiger partial charge in [-0.25, -0.2) is 4.79 Å². The molecule has 27 heavy (non-hydrogen) atoms. The topological polar surface area (TPSA) is 79.0 Å². The Morgan fingerprint density at radius 3 is 2.37 bits per heavy atom. The number of nitrogens with one attached hydrogen (secondary N) is 1. The fourth-order valence-electron chi connectivity index (χ4n) is 2.75. The molecule has 1 N–H and O–H groups in total. The summed E-state index contributed by atoms with van der Waals surface area (Å²) >= 11 is 6.11. The molecule has 1 aliphatic heterocycles. The van der Waals surface area contributed by atoms with E-state index in [2.05, 4.69) is 5.32 Å².